The molecule has 4 rings (SSSR count). The lowest BCUT2D eigenvalue weighted by Gasteiger charge is -2.32. The maximum atomic E-state index is 13.9. The van der Waals surface area contributed by atoms with E-state index in [4.69, 9.17) is 30.8 Å². The van der Waals surface area contributed by atoms with E-state index < -0.39 is 23.8 Å². The highest BCUT2D eigenvalue weighted by Crippen LogP contribution is 2.36. The van der Waals surface area contributed by atoms with Crippen LogP contribution in [0.15, 0.2) is 40.8 Å². The summed E-state index contributed by atoms with van der Waals surface area (Å²) in [5, 5.41) is 7.67. The molecule has 0 bridgehead atoms. The van der Waals surface area contributed by atoms with E-state index in [0.717, 1.165) is 0 Å². The molecule has 3 heterocycles. The molecule has 1 fully saturated rings. The van der Waals surface area contributed by atoms with Crippen LogP contribution in [-0.4, -0.2) is 83.5 Å². The standard InChI is InChI=1S/C24H28ClFN6O5/c1-3-36-19(33)13-32-14-27-22(30-32)23-28-18(12-31-7-9-35-10-8-31)20(24(34)37-4-2)21(29-23)16-6-5-15(26)11-17(16)25/h5-6,11,14,21H,3-4,7-10,12-13H2,1-2H3,(H,28,29). The first-order chi connectivity index (χ1) is 17.9. The van der Waals surface area contributed by atoms with Crippen molar-refractivity contribution in [3.8, 4) is 0 Å². The van der Waals surface area contributed by atoms with E-state index >= 15 is 0 Å². The number of esters is 2. The molecule has 2 aliphatic heterocycles. The lowest BCUT2D eigenvalue weighted by atomic mass is 9.95. The third-order valence-corrected chi connectivity index (χ3v) is 6.04. The van der Waals surface area contributed by atoms with Crippen molar-refractivity contribution in [1.82, 2.24) is 25.0 Å². The predicted molar refractivity (Wildman–Crippen MR) is 131 cm³/mol. The van der Waals surface area contributed by atoms with E-state index in [0.29, 0.717) is 44.1 Å². The van der Waals surface area contributed by atoms with Gasteiger partial charge in [-0.3, -0.25) is 14.7 Å². The van der Waals surface area contributed by atoms with Gasteiger partial charge in [-0.1, -0.05) is 17.7 Å². The topological polar surface area (TPSA) is 120 Å². The molecular weight excluding hydrogens is 507 g/mol. The number of rotatable bonds is 9. The third kappa shape index (κ3) is 6.51. The number of hydrogen-bond acceptors (Lipinski definition) is 10. The summed E-state index contributed by atoms with van der Waals surface area (Å²) in [6.45, 7) is 6.56. The second-order valence-electron chi connectivity index (χ2n) is 8.24. The van der Waals surface area contributed by atoms with Crippen molar-refractivity contribution in [1.29, 1.82) is 0 Å². The Hall–Kier alpha value is -3.35. The van der Waals surface area contributed by atoms with Crippen LogP contribution >= 0.6 is 11.6 Å². The first-order valence-electron chi connectivity index (χ1n) is 11.9. The van der Waals surface area contributed by atoms with Crippen molar-refractivity contribution >= 4 is 29.4 Å². The molecule has 11 nitrogen and oxygen atoms in total. The molecule has 1 saturated heterocycles. The number of ether oxygens (including phenoxy) is 3. The molecule has 0 radical (unpaired) electrons. The summed E-state index contributed by atoms with van der Waals surface area (Å²) < 4.78 is 31.0. The van der Waals surface area contributed by atoms with Crippen molar-refractivity contribution in [2.45, 2.75) is 26.4 Å². The van der Waals surface area contributed by atoms with E-state index in [-0.39, 0.29) is 42.0 Å². The minimum atomic E-state index is -0.906. The summed E-state index contributed by atoms with van der Waals surface area (Å²) in [5.74, 6) is -1.06. The summed E-state index contributed by atoms with van der Waals surface area (Å²) in [7, 11) is 0. The Bertz CT molecular complexity index is 1210. The molecule has 1 aromatic carbocycles. The van der Waals surface area contributed by atoms with Crippen LogP contribution in [-0.2, 0) is 30.3 Å². The van der Waals surface area contributed by atoms with Gasteiger partial charge >= 0.3 is 11.9 Å². The van der Waals surface area contributed by atoms with Crippen molar-refractivity contribution in [3.05, 3.63) is 58.0 Å². The highest BCUT2D eigenvalue weighted by molar-refractivity contribution is 6.31. The Labute approximate surface area is 218 Å². The molecule has 37 heavy (non-hydrogen) atoms. The van der Waals surface area contributed by atoms with Gasteiger partial charge in [-0.15, -0.1) is 5.10 Å². The number of nitrogens with one attached hydrogen (secondary N) is 1. The van der Waals surface area contributed by atoms with Gasteiger partial charge in [0.2, 0.25) is 5.82 Å². The minimum Gasteiger partial charge on any atom is -0.465 e. The Morgan fingerprint density at radius 1 is 1.22 bits per heavy atom. The number of carbonyl (C=O) groups is 2. The van der Waals surface area contributed by atoms with Gasteiger partial charge in [-0.05, 0) is 26.0 Å². The first kappa shape index (κ1) is 26.7. The third-order valence-electron chi connectivity index (χ3n) is 5.71. The van der Waals surface area contributed by atoms with E-state index in [9.17, 15) is 14.0 Å². The molecular formula is C24H28ClFN6O5. The number of halogens is 2. The fourth-order valence-electron chi connectivity index (χ4n) is 4.03. The number of hydrogen-bond donors (Lipinski definition) is 1. The zero-order valence-electron chi connectivity index (χ0n) is 20.6. The van der Waals surface area contributed by atoms with Crippen molar-refractivity contribution < 1.29 is 28.2 Å². The summed E-state index contributed by atoms with van der Waals surface area (Å²) in [6, 6.07) is 3.02. The highest BCUT2D eigenvalue weighted by atomic mass is 35.5. The Balaban J connectivity index is 1.76. The van der Waals surface area contributed by atoms with E-state index in [1.165, 1.54) is 29.2 Å². The maximum absolute atomic E-state index is 13.9. The van der Waals surface area contributed by atoms with Gasteiger partial charge in [0.05, 0.1) is 32.0 Å². The summed E-state index contributed by atoms with van der Waals surface area (Å²) in [5.41, 5.74) is 1.23. The van der Waals surface area contributed by atoms with Gasteiger partial charge < -0.3 is 19.5 Å². The van der Waals surface area contributed by atoms with Gasteiger partial charge in [-0.2, -0.15) is 0 Å². The van der Waals surface area contributed by atoms with Crippen LogP contribution in [0.3, 0.4) is 0 Å². The fourth-order valence-corrected chi connectivity index (χ4v) is 4.30. The number of benzene rings is 1. The maximum Gasteiger partial charge on any atom is 0.338 e. The zero-order chi connectivity index (χ0) is 26.4. The van der Waals surface area contributed by atoms with Crippen molar-refractivity contribution in [2.75, 3.05) is 46.1 Å². The SMILES string of the molecule is CCOC(=O)Cn1cnc(C2=NC(c3ccc(F)cc3Cl)C(C(=O)OCC)=C(CN3CCOCC3)N2)n1. The monoisotopic (exact) mass is 534 g/mol. The Morgan fingerprint density at radius 3 is 2.68 bits per heavy atom. The highest BCUT2D eigenvalue weighted by Gasteiger charge is 2.35. The number of aliphatic imine (C=N–C) groups is 1. The fraction of sp³-hybridized carbons (Fsp3) is 0.458. The predicted octanol–water partition coefficient (Wildman–Crippen LogP) is 1.87. The van der Waals surface area contributed by atoms with Crippen LogP contribution in [0, 0.1) is 5.82 Å². The molecule has 1 aromatic heterocycles. The first-order valence-corrected chi connectivity index (χ1v) is 12.3. The molecule has 0 spiro atoms. The lowest BCUT2D eigenvalue weighted by molar-refractivity contribution is -0.144. The van der Waals surface area contributed by atoms with Crippen molar-refractivity contribution in [3.63, 3.8) is 0 Å². The summed E-state index contributed by atoms with van der Waals surface area (Å²) in [4.78, 5) is 36.2. The Morgan fingerprint density at radius 2 is 1.97 bits per heavy atom. The zero-order valence-corrected chi connectivity index (χ0v) is 21.3. The number of amidine groups is 1. The number of carbonyl (C=O) groups excluding carboxylic acids is 2. The molecule has 1 atom stereocenters. The molecule has 0 amide bonds. The second-order valence-corrected chi connectivity index (χ2v) is 8.65. The van der Waals surface area contributed by atoms with Gasteiger partial charge in [-0.25, -0.2) is 18.9 Å². The van der Waals surface area contributed by atoms with Crippen LogP contribution in [0.5, 0.6) is 0 Å². The molecule has 2 aliphatic rings. The summed E-state index contributed by atoms with van der Waals surface area (Å²) in [6.07, 6.45) is 1.39. The molecule has 1 N–H and O–H groups in total. The van der Waals surface area contributed by atoms with Crippen LogP contribution < -0.4 is 5.32 Å². The average molecular weight is 535 g/mol. The molecule has 0 saturated carbocycles. The molecule has 13 heteroatoms. The quantitative estimate of drug-likeness (QED) is 0.481. The molecule has 0 aliphatic carbocycles. The lowest BCUT2D eigenvalue weighted by Crippen LogP contribution is -2.43. The van der Waals surface area contributed by atoms with Crippen LogP contribution in [0.25, 0.3) is 0 Å². The van der Waals surface area contributed by atoms with E-state index in [1.807, 2.05) is 0 Å². The molecule has 198 valence electrons. The largest absolute Gasteiger partial charge is 0.465 e. The van der Waals surface area contributed by atoms with Gasteiger partial charge in [0.1, 0.15) is 24.7 Å². The molecule has 2 aromatic rings. The number of nitrogens with zero attached hydrogens (tertiary/aromatic N) is 5. The average Bonchev–Trinajstić information content (AvgIpc) is 3.33. The summed E-state index contributed by atoms with van der Waals surface area (Å²) >= 11 is 6.42. The Kier molecular flexibility index (Phi) is 8.85. The van der Waals surface area contributed by atoms with Crippen LogP contribution in [0.2, 0.25) is 5.02 Å². The number of aromatic nitrogens is 3. The minimum absolute atomic E-state index is 0.114. The van der Waals surface area contributed by atoms with Gasteiger partial charge in [0.25, 0.3) is 0 Å². The van der Waals surface area contributed by atoms with Gasteiger partial charge in [0, 0.05) is 35.9 Å². The van der Waals surface area contributed by atoms with Gasteiger partial charge in [0.15, 0.2) is 5.84 Å². The smallest absolute Gasteiger partial charge is 0.338 e. The van der Waals surface area contributed by atoms with Crippen LogP contribution in [0.4, 0.5) is 4.39 Å². The van der Waals surface area contributed by atoms with Crippen molar-refractivity contribution in [2.24, 2.45) is 4.99 Å². The van der Waals surface area contributed by atoms with E-state index in [2.05, 4.69) is 20.3 Å². The normalized spacial score (nSPS) is 18.3. The van der Waals surface area contributed by atoms with E-state index in [1.54, 1.807) is 13.8 Å². The molecule has 1 unspecified atom stereocenters. The second kappa shape index (κ2) is 12.3. The number of morpholine rings is 1. The van der Waals surface area contributed by atoms with Crippen LogP contribution in [0.1, 0.15) is 31.3 Å².